The normalized spacial score (nSPS) is 16.1. The molecule has 2 N–H and O–H groups in total. The number of unbranched alkanes of at least 4 members (excludes halogenated alkanes) is 1. The maximum atomic E-state index is 11.7. The smallest absolute Gasteiger partial charge is 0.290 e. The molecule has 2 aromatic heterocycles. The number of rotatable bonds is 8. The molecule has 2 aliphatic heterocycles. The lowest BCUT2D eigenvalue weighted by Gasteiger charge is -2.05. The van der Waals surface area contributed by atoms with Crippen molar-refractivity contribution in [2.75, 3.05) is 0 Å². The molecule has 0 atom stereocenters. The van der Waals surface area contributed by atoms with Crippen molar-refractivity contribution in [1.29, 1.82) is 0 Å². The zero-order valence-electron chi connectivity index (χ0n) is 25.0. The number of hydrogen-bond donors (Lipinski definition) is 2. The number of amides is 4. The summed E-state index contributed by atoms with van der Waals surface area (Å²) in [6, 6.07) is 22.0. The van der Waals surface area contributed by atoms with Gasteiger partial charge in [0.05, 0.1) is 51.1 Å². The molecule has 0 radical (unpaired) electrons. The first kappa shape index (κ1) is 31.6. The van der Waals surface area contributed by atoms with Gasteiger partial charge < -0.3 is 9.13 Å². The molecule has 0 bridgehead atoms. The van der Waals surface area contributed by atoms with Crippen LogP contribution in [-0.4, -0.2) is 41.4 Å². The Hall–Kier alpha value is -5.38. The maximum Gasteiger partial charge on any atom is 0.290 e. The summed E-state index contributed by atoms with van der Waals surface area (Å²) in [6.07, 6.45) is 15.5. The number of nitrogens with zero attached hydrogens (tertiary/aromatic N) is 4. The van der Waals surface area contributed by atoms with E-state index in [4.69, 9.17) is 6.42 Å². The predicted molar refractivity (Wildman–Crippen MR) is 186 cm³/mol. The molecule has 7 rings (SSSR count). The van der Waals surface area contributed by atoms with Crippen LogP contribution < -0.4 is 10.6 Å². The summed E-state index contributed by atoms with van der Waals surface area (Å²) in [5, 5.41) is 3.83. The Bertz CT molecular complexity index is 2120. The van der Waals surface area contributed by atoms with Crippen LogP contribution in [0.15, 0.2) is 89.2 Å². The lowest BCUT2D eigenvalue weighted by Crippen LogP contribution is -2.17. The Morgan fingerprint density at radius 1 is 0.723 bits per heavy atom. The molecular formula is C35H28N6O4S2. The van der Waals surface area contributed by atoms with Crippen LogP contribution in [0, 0.1) is 12.3 Å². The quantitative estimate of drug-likeness (QED) is 0.112. The highest BCUT2D eigenvalue weighted by Crippen LogP contribution is 2.28. The molecule has 4 heterocycles. The number of terminal acetylenes is 1. The fourth-order valence-electron chi connectivity index (χ4n) is 5.13. The standard InChI is InChI=1S/C21H19N3O2S.C14H9N3O2S/c25-20-19(27-21(26)23-20)13-16-9-10-17-18(12-16)24(14-22-17)11-5-4-8-15-6-2-1-3-7-15;1-2-5-17-8-15-10-4-3-9(6-11(10)17)7-12-13(18)16-14(19)20-12/h1-3,6-7,9-10,12-14H,4-5,8,11H2,(H,23,25,26);1,3-4,6-8H,5H2,(H,16,18,19). The lowest BCUT2D eigenvalue weighted by molar-refractivity contribution is -0.116. The molecule has 2 fully saturated rings. The highest BCUT2D eigenvalue weighted by molar-refractivity contribution is 8.18. The number of benzene rings is 3. The summed E-state index contributed by atoms with van der Waals surface area (Å²) >= 11 is 1.83. The monoisotopic (exact) mass is 660 g/mol. The van der Waals surface area contributed by atoms with Gasteiger partial charge >= 0.3 is 0 Å². The molecule has 0 aliphatic carbocycles. The molecule has 12 heteroatoms. The van der Waals surface area contributed by atoms with Gasteiger partial charge in [0.25, 0.3) is 22.3 Å². The number of nitrogens with one attached hydrogen (secondary N) is 2. The third kappa shape index (κ3) is 7.71. The number of fused-ring (bicyclic) bond motifs is 2. The van der Waals surface area contributed by atoms with Crippen LogP contribution in [-0.2, 0) is 29.1 Å². The number of aromatic nitrogens is 4. The summed E-state index contributed by atoms with van der Waals surface area (Å²) in [5.74, 6) is 1.86. The van der Waals surface area contributed by atoms with E-state index in [0.29, 0.717) is 16.4 Å². The van der Waals surface area contributed by atoms with Crippen molar-refractivity contribution in [1.82, 2.24) is 29.7 Å². The molecule has 10 nitrogen and oxygen atoms in total. The summed E-state index contributed by atoms with van der Waals surface area (Å²) in [5.41, 5.74) is 6.78. The fourth-order valence-corrected chi connectivity index (χ4v) is 6.49. The average Bonchev–Trinajstić information content (AvgIpc) is 3.82. The zero-order chi connectivity index (χ0) is 32.8. The number of aryl methyl sites for hydroxylation is 2. The summed E-state index contributed by atoms with van der Waals surface area (Å²) in [7, 11) is 0. The van der Waals surface area contributed by atoms with Gasteiger partial charge in [0.15, 0.2) is 0 Å². The van der Waals surface area contributed by atoms with Gasteiger partial charge in [0.2, 0.25) is 0 Å². The van der Waals surface area contributed by atoms with Gasteiger partial charge in [0.1, 0.15) is 0 Å². The molecular weight excluding hydrogens is 633 g/mol. The largest absolute Gasteiger partial charge is 0.331 e. The van der Waals surface area contributed by atoms with Crippen LogP contribution in [0.1, 0.15) is 29.5 Å². The number of hydrogen-bond acceptors (Lipinski definition) is 8. The fraction of sp³-hybridized carbons (Fsp3) is 0.143. The van der Waals surface area contributed by atoms with E-state index in [0.717, 1.165) is 82.5 Å². The number of imide groups is 2. The van der Waals surface area contributed by atoms with Crippen LogP contribution in [0.2, 0.25) is 0 Å². The Morgan fingerprint density at radius 2 is 1.28 bits per heavy atom. The Kier molecular flexibility index (Phi) is 9.66. The van der Waals surface area contributed by atoms with Crippen molar-refractivity contribution in [2.24, 2.45) is 0 Å². The highest BCUT2D eigenvalue weighted by Gasteiger charge is 2.26. The molecule has 2 aliphatic rings. The van der Waals surface area contributed by atoms with E-state index >= 15 is 0 Å². The molecule has 234 valence electrons. The van der Waals surface area contributed by atoms with E-state index in [-0.39, 0.29) is 22.3 Å². The predicted octanol–water partition coefficient (Wildman–Crippen LogP) is 6.38. The Labute approximate surface area is 278 Å². The first-order valence-corrected chi connectivity index (χ1v) is 16.4. The second-order valence-electron chi connectivity index (χ2n) is 10.7. The topological polar surface area (TPSA) is 128 Å². The molecule has 0 spiro atoms. The number of thioether (sulfide) groups is 2. The maximum absolute atomic E-state index is 11.7. The molecule has 0 saturated carbocycles. The average molecular weight is 661 g/mol. The van der Waals surface area contributed by atoms with Crippen molar-refractivity contribution in [3.8, 4) is 12.3 Å². The highest BCUT2D eigenvalue weighted by atomic mass is 32.2. The van der Waals surface area contributed by atoms with E-state index in [1.807, 2.05) is 53.4 Å². The Balaban J connectivity index is 0.000000172. The minimum absolute atomic E-state index is 0.323. The van der Waals surface area contributed by atoms with Crippen LogP contribution in [0.4, 0.5) is 9.59 Å². The van der Waals surface area contributed by atoms with Crippen LogP contribution >= 0.6 is 23.5 Å². The zero-order valence-corrected chi connectivity index (χ0v) is 26.6. The van der Waals surface area contributed by atoms with E-state index < -0.39 is 0 Å². The van der Waals surface area contributed by atoms with E-state index in [1.165, 1.54) is 5.56 Å². The molecule has 4 amide bonds. The van der Waals surface area contributed by atoms with Gasteiger partial charge in [-0.3, -0.25) is 29.8 Å². The minimum atomic E-state index is -0.364. The van der Waals surface area contributed by atoms with Gasteiger partial charge in [-0.1, -0.05) is 48.4 Å². The van der Waals surface area contributed by atoms with Gasteiger partial charge in [-0.05, 0) is 95.9 Å². The summed E-state index contributed by atoms with van der Waals surface area (Å²) < 4.78 is 4.00. The van der Waals surface area contributed by atoms with Crippen LogP contribution in [0.25, 0.3) is 34.2 Å². The third-order valence-electron chi connectivity index (χ3n) is 7.39. The molecule has 47 heavy (non-hydrogen) atoms. The molecule has 0 unspecified atom stereocenters. The van der Waals surface area contributed by atoms with Crippen molar-refractivity contribution < 1.29 is 19.2 Å². The van der Waals surface area contributed by atoms with E-state index in [2.05, 4.69) is 55.4 Å². The van der Waals surface area contributed by atoms with Gasteiger partial charge in [-0.2, -0.15) is 0 Å². The van der Waals surface area contributed by atoms with Crippen molar-refractivity contribution in [3.05, 3.63) is 106 Å². The second-order valence-corrected chi connectivity index (χ2v) is 12.7. The summed E-state index contributed by atoms with van der Waals surface area (Å²) in [6.45, 7) is 1.33. The van der Waals surface area contributed by atoms with Crippen LogP contribution in [0.3, 0.4) is 0 Å². The van der Waals surface area contributed by atoms with Crippen molar-refractivity contribution in [2.45, 2.75) is 32.4 Å². The first-order valence-electron chi connectivity index (χ1n) is 14.7. The molecule has 3 aromatic carbocycles. The first-order chi connectivity index (χ1) is 22.9. The van der Waals surface area contributed by atoms with E-state index in [1.54, 1.807) is 18.5 Å². The number of carbonyl (C=O) groups excluding carboxylic acids is 4. The van der Waals surface area contributed by atoms with Crippen LogP contribution in [0.5, 0.6) is 0 Å². The second kappa shape index (κ2) is 14.4. The lowest BCUT2D eigenvalue weighted by atomic mass is 10.1. The van der Waals surface area contributed by atoms with Crippen molar-refractivity contribution in [3.63, 3.8) is 0 Å². The molecule has 2 saturated heterocycles. The summed E-state index contributed by atoms with van der Waals surface area (Å²) in [4.78, 5) is 55.2. The minimum Gasteiger partial charge on any atom is -0.331 e. The SMILES string of the molecule is C#CCn1cnc2ccc(C=C3SC(=O)NC3=O)cc21.O=C1NC(=O)C(=Cc2ccc3ncn(CCCCc4ccccc4)c3c2)S1. The van der Waals surface area contributed by atoms with Crippen molar-refractivity contribution >= 4 is 80.0 Å². The van der Waals surface area contributed by atoms with Gasteiger partial charge in [-0.25, -0.2) is 9.97 Å². The van der Waals surface area contributed by atoms with Gasteiger partial charge in [0, 0.05) is 6.54 Å². The third-order valence-corrected chi connectivity index (χ3v) is 9.01. The molecule has 5 aromatic rings. The number of carbonyl (C=O) groups is 4. The number of imidazole rings is 2. The Morgan fingerprint density at radius 3 is 1.81 bits per heavy atom. The van der Waals surface area contributed by atoms with E-state index in [9.17, 15) is 19.2 Å². The van der Waals surface area contributed by atoms with Gasteiger partial charge in [-0.15, -0.1) is 6.42 Å².